The van der Waals surface area contributed by atoms with Crippen LogP contribution in [-0.4, -0.2) is 15.9 Å². The second-order valence-corrected chi connectivity index (χ2v) is 6.73. The Morgan fingerprint density at radius 1 is 1.17 bits per heavy atom. The Hall–Kier alpha value is -1.95. The van der Waals surface area contributed by atoms with Crippen LogP contribution in [-0.2, 0) is 17.8 Å². The minimum atomic E-state index is -0.0963. The van der Waals surface area contributed by atoms with Crippen LogP contribution in [0.2, 0.25) is 10.0 Å². The van der Waals surface area contributed by atoms with Gasteiger partial charge in [-0.05, 0) is 23.8 Å². The van der Waals surface area contributed by atoms with Crippen molar-refractivity contribution in [3.63, 3.8) is 0 Å². The van der Waals surface area contributed by atoms with Gasteiger partial charge in [-0.3, -0.25) is 9.78 Å². The zero-order chi connectivity index (χ0) is 16.9. The fourth-order valence-electron chi connectivity index (χ4n) is 2.14. The summed E-state index contributed by atoms with van der Waals surface area (Å²) >= 11 is 13.8. The summed E-state index contributed by atoms with van der Waals surface area (Å²) in [6, 6.07) is 9.07. The fourth-order valence-corrected chi connectivity index (χ4v) is 3.72. The van der Waals surface area contributed by atoms with Crippen molar-refractivity contribution in [3.05, 3.63) is 69.4 Å². The van der Waals surface area contributed by atoms with E-state index in [1.807, 2.05) is 17.5 Å². The monoisotopic (exact) mass is 377 g/mol. The first kappa shape index (κ1) is 16.9. The molecule has 1 aromatic carbocycles. The van der Waals surface area contributed by atoms with Gasteiger partial charge in [-0.25, -0.2) is 4.98 Å². The first-order chi connectivity index (χ1) is 11.6. The molecule has 0 saturated heterocycles. The molecule has 1 amide bonds. The van der Waals surface area contributed by atoms with E-state index in [1.54, 1.807) is 30.6 Å². The second-order valence-electron chi connectivity index (χ2n) is 5.06. The maximum atomic E-state index is 12.0. The Balaban J connectivity index is 1.65. The molecule has 0 fully saturated rings. The highest BCUT2D eigenvalue weighted by Gasteiger charge is 2.14. The van der Waals surface area contributed by atoms with Crippen LogP contribution < -0.4 is 5.32 Å². The lowest BCUT2D eigenvalue weighted by Gasteiger charge is -2.04. The molecule has 0 aliphatic heterocycles. The van der Waals surface area contributed by atoms with Gasteiger partial charge in [0.25, 0.3) is 0 Å². The highest BCUT2D eigenvalue weighted by molar-refractivity contribution is 7.13. The van der Waals surface area contributed by atoms with Gasteiger partial charge in [0.15, 0.2) is 0 Å². The summed E-state index contributed by atoms with van der Waals surface area (Å²) in [5, 5.41) is 6.50. The molecular formula is C17H13Cl2N3OS. The van der Waals surface area contributed by atoms with E-state index in [2.05, 4.69) is 15.3 Å². The average Bonchev–Trinajstić information content (AvgIpc) is 3.02. The molecule has 24 heavy (non-hydrogen) atoms. The molecule has 0 spiro atoms. The summed E-state index contributed by atoms with van der Waals surface area (Å²) in [5.41, 5.74) is 2.34. The number of pyridine rings is 1. The van der Waals surface area contributed by atoms with E-state index >= 15 is 0 Å². The maximum absolute atomic E-state index is 12.0. The minimum absolute atomic E-state index is 0.0963. The number of halogens is 2. The molecule has 0 atom stereocenters. The largest absolute Gasteiger partial charge is 0.352 e. The van der Waals surface area contributed by atoms with E-state index < -0.39 is 0 Å². The highest BCUT2D eigenvalue weighted by Crippen LogP contribution is 2.36. The van der Waals surface area contributed by atoms with Gasteiger partial charge in [-0.15, -0.1) is 11.3 Å². The topological polar surface area (TPSA) is 54.9 Å². The van der Waals surface area contributed by atoms with E-state index in [1.165, 1.54) is 11.3 Å². The number of carbonyl (C=O) groups excluding carboxylic acids is 1. The number of nitrogens with one attached hydrogen (secondary N) is 1. The molecule has 4 nitrogen and oxygen atoms in total. The van der Waals surface area contributed by atoms with Crippen LogP contribution in [0.1, 0.15) is 11.3 Å². The van der Waals surface area contributed by atoms with Crippen LogP contribution in [0.5, 0.6) is 0 Å². The number of aromatic nitrogens is 2. The van der Waals surface area contributed by atoms with Gasteiger partial charge in [-0.1, -0.05) is 35.3 Å². The summed E-state index contributed by atoms with van der Waals surface area (Å²) in [7, 11) is 0. The zero-order valence-corrected chi connectivity index (χ0v) is 14.8. The summed E-state index contributed by atoms with van der Waals surface area (Å²) in [5.74, 6) is -0.0963. The molecule has 122 valence electrons. The number of hydrogen-bond donors (Lipinski definition) is 1. The number of carbonyl (C=O) groups is 1. The normalized spacial score (nSPS) is 10.6. The van der Waals surface area contributed by atoms with Crippen LogP contribution in [0.4, 0.5) is 0 Å². The SMILES string of the molecule is O=C(Cc1csc(-c2c(Cl)cccc2Cl)n1)NCc1cccnc1. The number of rotatable bonds is 5. The minimum Gasteiger partial charge on any atom is -0.352 e. The van der Waals surface area contributed by atoms with Crippen molar-refractivity contribution in [1.29, 1.82) is 0 Å². The third-order valence-electron chi connectivity index (χ3n) is 3.28. The van der Waals surface area contributed by atoms with Gasteiger partial charge in [0.2, 0.25) is 5.91 Å². The number of nitrogens with zero attached hydrogens (tertiary/aromatic N) is 2. The summed E-state index contributed by atoms with van der Waals surface area (Å²) in [6.45, 7) is 0.444. The van der Waals surface area contributed by atoms with Gasteiger partial charge in [0.05, 0.1) is 22.2 Å². The number of amides is 1. The quantitative estimate of drug-likeness (QED) is 0.717. The lowest BCUT2D eigenvalue weighted by Crippen LogP contribution is -2.24. The molecule has 2 heterocycles. The van der Waals surface area contributed by atoms with Crippen LogP contribution >= 0.6 is 34.5 Å². The summed E-state index contributed by atoms with van der Waals surface area (Å²) < 4.78 is 0. The zero-order valence-electron chi connectivity index (χ0n) is 12.5. The predicted molar refractivity (Wildman–Crippen MR) is 97.4 cm³/mol. The number of hydrogen-bond acceptors (Lipinski definition) is 4. The Morgan fingerprint density at radius 3 is 2.67 bits per heavy atom. The first-order valence-electron chi connectivity index (χ1n) is 7.18. The molecule has 0 aliphatic rings. The van der Waals surface area contributed by atoms with Crippen molar-refractivity contribution in [2.75, 3.05) is 0 Å². The summed E-state index contributed by atoms with van der Waals surface area (Å²) in [4.78, 5) is 20.5. The molecule has 1 N–H and O–H groups in total. The molecule has 3 aromatic rings. The predicted octanol–water partition coefficient (Wildman–Crippen LogP) is 4.37. The Morgan fingerprint density at radius 2 is 1.96 bits per heavy atom. The molecule has 7 heteroatoms. The summed E-state index contributed by atoms with van der Waals surface area (Å²) in [6.07, 6.45) is 3.63. The van der Waals surface area contributed by atoms with Crippen molar-refractivity contribution < 1.29 is 4.79 Å². The lowest BCUT2D eigenvalue weighted by molar-refractivity contribution is -0.120. The van der Waals surface area contributed by atoms with Gasteiger partial charge >= 0.3 is 0 Å². The van der Waals surface area contributed by atoms with Crippen molar-refractivity contribution in [3.8, 4) is 10.6 Å². The Bertz CT molecular complexity index is 832. The van der Waals surface area contributed by atoms with Crippen LogP contribution in [0, 0.1) is 0 Å². The van der Waals surface area contributed by atoms with E-state index in [-0.39, 0.29) is 12.3 Å². The van der Waals surface area contributed by atoms with E-state index in [4.69, 9.17) is 23.2 Å². The lowest BCUT2D eigenvalue weighted by atomic mass is 10.2. The van der Waals surface area contributed by atoms with Gasteiger partial charge in [0, 0.05) is 29.9 Å². The molecule has 0 unspecified atom stereocenters. The van der Waals surface area contributed by atoms with Crippen molar-refractivity contribution in [2.45, 2.75) is 13.0 Å². The van der Waals surface area contributed by atoms with Crippen molar-refractivity contribution in [2.24, 2.45) is 0 Å². The highest BCUT2D eigenvalue weighted by atomic mass is 35.5. The van der Waals surface area contributed by atoms with E-state index in [9.17, 15) is 4.79 Å². The van der Waals surface area contributed by atoms with E-state index in [0.717, 1.165) is 5.56 Å². The molecular weight excluding hydrogens is 365 g/mol. The van der Waals surface area contributed by atoms with Gasteiger partial charge < -0.3 is 5.32 Å². The average molecular weight is 378 g/mol. The van der Waals surface area contributed by atoms with Gasteiger partial charge in [0.1, 0.15) is 5.01 Å². The number of benzene rings is 1. The molecule has 0 saturated carbocycles. The first-order valence-corrected chi connectivity index (χ1v) is 8.81. The second kappa shape index (κ2) is 7.75. The third kappa shape index (κ3) is 4.12. The Labute approximate surface area is 153 Å². The standard InChI is InChI=1S/C17H13Cl2N3OS/c18-13-4-1-5-14(19)16(13)17-22-12(10-24-17)7-15(23)21-9-11-3-2-6-20-8-11/h1-6,8,10H,7,9H2,(H,21,23). The molecule has 0 aliphatic carbocycles. The van der Waals surface area contributed by atoms with Crippen molar-refractivity contribution >= 4 is 40.4 Å². The van der Waals surface area contributed by atoms with Crippen LogP contribution in [0.3, 0.4) is 0 Å². The van der Waals surface area contributed by atoms with Crippen LogP contribution in [0.25, 0.3) is 10.6 Å². The smallest absolute Gasteiger partial charge is 0.226 e. The maximum Gasteiger partial charge on any atom is 0.226 e. The number of thiazole rings is 1. The molecule has 0 radical (unpaired) electrons. The molecule has 2 aromatic heterocycles. The van der Waals surface area contributed by atoms with Gasteiger partial charge in [-0.2, -0.15) is 0 Å². The van der Waals surface area contributed by atoms with Crippen LogP contribution in [0.15, 0.2) is 48.1 Å². The molecule has 3 rings (SSSR count). The third-order valence-corrected chi connectivity index (χ3v) is 4.82. The molecule has 0 bridgehead atoms. The fraction of sp³-hybridized carbons (Fsp3) is 0.118. The Kier molecular flexibility index (Phi) is 5.45. The van der Waals surface area contributed by atoms with E-state index in [0.29, 0.717) is 32.9 Å². The van der Waals surface area contributed by atoms with Crippen molar-refractivity contribution in [1.82, 2.24) is 15.3 Å².